The second kappa shape index (κ2) is 4.57. The van der Waals surface area contributed by atoms with E-state index < -0.39 is 0 Å². The molecule has 0 aliphatic heterocycles. The number of nitrogens with zero attached hydrogens (tertiary/aromatic N) is 2. The van der Waals surface area contributed by atoms with Crippen LogP contribution in [0.4, 0.5) is 0 Å². The van der Waals surface area contributed by atoms with E-state index in [1.807, 2.05) is 0 Å². The van der Waals surface area contributed by atoms with Gasteiger partial charge in [-0.25, -0.2) is 4.98 Å². The van der Waals surface area contributed by atoms with Gasteiger partial charge in [0.15, 0.2) is 0 Å². The first kappa shape index (κ1) is 10.9. The molecule has 3 rings (SSSR count). The lowest BCUT2D eigenvalue weighted by Crippen LogP contribution is -2.02. The minimum absolute atomic E-state index is 0.816. The fourth-order valence-corrected chi connectivity index (χ4v) is 2.84. The molecule has 0 unspecified atom stereocenters. The van der Waals surface area contributed by atoms with Gasteiger partial charge in [0.2, 0.25) is 0 Å². The maximum atomic E-state index is 4.39. The molecule has 2 nitrogen and oxygen atoms in total. The van der Waals surface area contributed by atoms with Crippen molar-refractivity contribution in [3.05, 3.63) is 46.3 Å². The SMILES string of the molecule is Brc1nccnc1-c1ccc2c(c1)CCCC2. The number of hydrogen-bond donors (Lipinski definition) is 0. The Bertz CT molecular complexity index is 552. The summed E-state index contributed by atoms with van der Waals surface area (Å²) in [6.07, 6.45) is 8.48. The number of aromatic nitrogens is 2. The van der Waals surface area contributed by atoms with E-state index in [4.69, 9.17) is 0 Å². The van der Waals surface area contributed by atoms with E-state index in [0.717, 1.165) is 15.9 Å². The van der Waals surface area contributed by atoms with Crippen LogP contribution in [0.25, 0.3) is 11.3 Å². The van der Waals surface area contributed by atoms with Crippen LogP contribution >= 0.6 is 15.9 Å². The van der Waals surface area contributed by atoms with Gasteiger partial charge < -0.3 is 0 Å². The molecule has 0 atom stereocenters. The van der Waals surface area contributed by atoms with Crippen LogP contribution in [-0.4, -0.2) is 9.97 Å². The van der Waals surface area contributed by atoms with Crippen LogP contribution in [0.15, 0.2) is 35.2 Å². The highest BCUT2D eigenvalue weighted by molar-refractivity contribution is 9.10. The summed E-state index contributed by atoms with van der Waals surface area (Å²) in [5.41, 5.74) is 5.07. The normalized spacial score (nSPS) is 14.4. The molecule has 86 valence electrons. The Morgan fingerprint density at radius 1 is 0.941 bits per heavy atom. The minimum atomic E-state index is 0.816. The predicted molar refractivity (Wildman–Crippen MR) is 71.8 cm³/mol. The quantitative estimate of drug-likeness (QED) is 0.798. The summed E-state index contributed by atoms with van der Waals surface area (Å²) in [6, 6.07) is 6.66. The zero-order valence-electron chi connectivity index (χ0n) is 9.49. The van der Waals surface area contributed by atoms with Crippen molar-refractivity contribution in [1.29, 1.82) is 0 Å². The summed E-state index contributed by atoms with van der Waals surface area (Å²) in [7, 11) is 0. The topological polar surface area (TPSA) is 25.8 Å². The lowest BCUT2D eigenvalue weighted by atomic mass is 9.90. The molecule has 0 radical (unpaired) electrons. The highest BCUT2D eigenvalue weighted by Gasteiger charge is 2.12. The highest BCUT2D eigenvalue weighted by atomic mass is 79.9. The Morgan fingerprint density at radius 2 is 1.71 bits per heavy atom. The van der Waals surface area contributed by atoms with Gasteiger partial charge in [-0.05, 0) is 58.8 Å². The van der Waals surface area contributed by atoms with Gasteiger partial charge in [0, 0.05) is 18.0 Å². The van der Waals surface area contributed by atoms with E-state index in [1.165, 1.54) is 36.8 Å². The number of halogens is 1. The van der Waals surface area contributed by atoms with Crippen LogP contribution in [0, 0.1) is 0 Å². The molecule has 1 aliphatic rings. The van der Waals surface area contributed by atoms with Crippen molar-refractivity contribution in [2.45, 2.75) is 25.7 Å². The molecule has 0 bridgehead atoms. The average molecular weight is 289 g/mol. The molecule has 0 N–H and O–H groups in total. The number of rotatable bonds is 1. The molecular weight excluding hydrogens is 276 g/mol. The predicted octanol–water partition coefficient (Wildman–Crippen LogP) is 3.78. The molecule has 0 amide bonds. The summed E-state index contributed by atoms with van der Waals surface area (Å²) in [5.74, 6) is 0. The summed E-state index contributed by atoms with van der Waals surface area (Å²) >= 11 is 3.46. The molecule has 1 aromatic carbocycles. The number of fused-ring (bicyclic) bond motifs is 1. The fraction of sp³-hybridized carbons (Fsp3) is 0.286. The van der Waals surface area contributed by atoms with E-state index in [9.17, 15) is 0 Å². The average Bonchev–Trinajstić information content (AvgIpc) is 2.39. The van der Waals surface area contributed by atoms with Crippen molar-refractivity contribution in [2.75, 3.05) is 0 Å². The molecule has 3 heteroatoms. The van der Waals surface area contributed by atoms with Crippen LogP contribution in [0.5, 0.6) is 0 Å². The second-order valence-electron chi connectivity index (χ2n) is 4.39. The van der Waals surface area contributed by atoms with Gasteiger partial charge in [0.05, 0.1) is 0 Å². The third-order valence-electron chi connectivity index (χ3n) is 3.28. The monoisotopic (exact) mass is 288 g/mol. The maximum absolute atomic E-state index is 4.39. The second-order valence-corrected chi connectivity index (χ2v) is 5.14. The Hall–Kier alpha value is -1.22. The van der Waals surface area contributed by atoms with Gasteiger partial charge in [-0.3, -0.25) is 4.98 Å². The molecular formula is C14H13BrN2. The van der Waals surface area contributed by atoms with Crippen molar-refractivity contribution in [2.24, 2.45) is 0 Å². The number of hydrogen-bond acceptors (Lipinski definition) is 2. The molecule has 17 heavy (non-hydrogen) atoms. The van der Waals surface area contributed by atoms with Crippen molar-refractivity contribution in [3.8, 4) is 11.3 Å². The van der Waals surface area contributed by atoms with Crippen molar-refractivity contribution in [3.63, 3.8) is 0 Å². The Labute approximate surface area is 109 Å². The molecule has 0 fully saturated rings. The van der Waals surface area contributed by atoms with Gasteiger partial charge in [-0.1, -0.05) is 12.1 Å². The summed E-state index contributed by atoms with van der Waals surface area (Å²) < 4.78 is 0.816. The van der Waals surface area contributed by atoms with E-state index in [0.29, 0.717) is 0 Å². The number of aryl methyl sites for hydroxylation is 2. The molecule has 1 aliphatic carbocycles. The van der Waals surface area contributed by atoms with Crippen molar-refractivity contribution >= 4 is 15.9 Å². The van der Waals surface area contributed by atoms with Gasteiger partial charge in [0.25, 0.3) is 0 Å². The smallest absolute Gasteiger partial charge is 0.132 e. The van der Waals surface area contributed by atoms with Gasteiger partial charge >= 0.3 is 0 Å². The molecule has 1 heterocycles. The Kier molecular flexibility index (Phi) is 2.93. The van der Waals surface area contributed by atoms with E-state index in [-0.39, 0.29) is 0 Å². The lowest BCUT2D eigenvalue weighted by Gasteiger charge is -2.16. The molecule has 0 saturated heterocycles. The number of benzene rings is 1. The zero-order chi connectivity index (χ0) is 11.7. The molecule has 1 aromatic heterocycles. The minimum Gasteiger partial charge on any atom is -0.252 e. The van der Waals surface area contributed by atoms with Gasteiger partial charge in [-0.15, -0.1) is 0 Å². The van der Waals surface area contributed by atoms with Gasteiger partial charge in [-0.2, -0.15) is 0 Å². The first-order chi connectivity index (χ1) is 8.34. The van der Waals surface area contributed by atoms with Crippen molar-refractivity contribution < 1.29 is 0 Å². The van der Waals surface area contributed by atoms with Crippen LogP contribution < -0.4 is 0 Å². The largest absolute Gasteiger partial charge is 0.252 e. The maximum Gasteiger partial charge on any atom is 0.132 e. The Balaban J connectivity index is 2.07. The molecule has 0 spiro atoms. The van der Waals surface area contributed by atoms with E-state index >= 15 is 0 Å². The zero-order valence-corrected chi connectivity index (χ0v) is 11.1. The Morgan fingerprint density at radius 3 is 2.53 bits per heavy atom. The molecule has 0 saturated carbocycles. The molecule has 2 aromatic rings. The van der Waals surface area contributed by atoms with Crippen LogP contribution in [0.3, 0.4) is 0 Å². The highest BCUT2D eigenvalue weighted by Crippen LogP contribution is 2.29. The lowest BCUT2D eigenvalue weighted by molar-refractivity contribution is 0.686. The first-order valence-electron chi connectivity index (χ1n) is 5.93. The van der Waals surface area contributed by atoms with Crippen LogP contribution in [0.2, 0.25) is 0 Å². The fourth-order valence-electron chi connectivity index (χ4n) is 2.40. The van der Waals surface area contributed by atoms with Crippen molar-refractivity contribution in [1.82, 2.24) is 9.97 Å². The van der Waals surface area contributed by atoms with E-state index in [1.54, 1.807) is 12.4 Å². The van der Waals surface area contributed by atoms with Gasteiger partial charge in [0.1, 0.15) is 10.3 Å². The summed E-state index contributed by atoms with van der Waals surface area (Å²) in [4.78, 5) is 8.61. The third kappa shape index (κ3) is 2.12. The van der Waals surface area contributed by atoms with E-state index in [2.05, 4.69) is 44.1 Å². The van der Waals surface area contributed by atoms with Crippen LogP contribution in [-0.2, 0) is 12.8 Å². The summed E-state index contributed by atoms with van der Waals surface area (Å²) in [5, 5.41) is 0. The third-order valence-corrected chi connectivity index (χ3v) is 3.86. The standard InChI is InChI=1S/C14H13BrN2/c15-14-13(16-7-8-17-14)12-6-5-10-3-1-2-4-11(10)9-12/h5-9H,1-4H2. The summed E-state index contributed by atoms with van der Waals surface area (Å²) in [6.45, 7) is 0. The van der Waals surface area contributed by atoms with Crippen LogP contribution in [0.1, 0.15) is 24.0 Å². The first-order valence-corrected chi connectivity index (χ1v) is 6.72.